The third kappa shape index (κ3) is 3.34. The van der Waals surface area contributed by atoms with Crippen molar-refractivity contribution in [3.63, 3.8) is 0 Å². The number of aryl methyl sites for hydroxylation is 1. The van der Waals surface area contributed by atoms with E-state index in [1.807, 2.05) is 67.3 Å². The molecule has 0 radical (unpaired) electrons. The monoisotopic (exact) mass is 375 g/mol. The molecule has 0 bridgehead atoms. The molecule has 2 heterocycles. The first-order chi connectivity index (χ1) is 13.7. The fourth-order valence-corrected chi connectivity index (χ4v) is 3.81. The molecule has 144 valence electrons. The summed E-state index contributed by atoms with van der Waals surface area (Å²) in [6.07, 6.45) is 1.73. The number of pyridine rings is 1. The molecular formula is C23H25N3O2. The highest BCUT2D eigenvalue weighted by Crippen LogP contribution is 2.30. The van der Waals surface area contributed by atoms with Crippen molar-refractivity contribution in [1.29, 1.82) is 0 Å². The molecule has 1 saturated heterocycles. The van der Waals surface area contributed by atoms with Crippen molar-refractivity contribution >= 4 is 28.2 Å². The second-order valence-electron chi connectivity index (χ2n) is 6.98. The van der Waals surface area contributed by atoms with E-state index in [1.54, 1.807) is 6.20 Å². The number of amides is 1. The maximum atomic E-state index is 13.5. The lowest BCUT2D eigenvalue weighted by molar-refractivity contribution is 0.0989. The van der Waals surface area contributed by atoms with Crippen molar-refractivity contribution in [3.05, 3.63) is 65.9 Å². The lowest BCUT2D eigenvalue weighted by atomic mass is 10.0. The number of benzene rings is 2. The van der Waals surface area contributed by atoms with Gasteiger partial charge in [-0.3, -0.25) is 4.79 Å². The Kier molecular flexibility index (Phi) is 5.26. The molecule has 0 unspecified atom stereocenters. The average molecular weight is 375 g/mol. The molecule has 1 aliphatic rings. The van der Waals surface area contributed by atoms with Crippen LogP contribution in [0.5, 0.6) is 0 Å². The summed E-state index contributed by atoms with van der Waals surface area (Å²) < 4.78 is 5.47. The van der Waals surface area contributed by atoms with Gasteiger partial charge in [0.25, 0.3) is 5.91 Å². The number of hydrogen-bond acceptors (Lipinski definition) is 4. The van der Waals surface area contributed by atoms with Crippen LogP contribution in [-0.4, -0.2) is 43.7 Å². The van der Waals surface area contributed by atoms with Crippen LogP contribution in [0.15, 0.2) is 54.7 Å². The van der Waals surface area contributed by atoms with Crippen LogP contribution in [0.3, 0.4) is 0 Å². The molecule has 28 heavy (non-hydrogen) atoms. The molecule has 0 atom stereocenters. The van der Waals surface area contributed by atoms with Crippen LogP contribution in [0.4, 0.5) is 11.5 Å². The van der Waals surface area contributed by atoms with E-state index >= 15 is 0 Å². The van der Waals surface area contributed by atoms with Crippen LogP contribution in [-0.2, 0) is 4.74 Å². The summed E-state index contributed by atoms with van der Waals surface area (Å²) >= 11 is 0. The second-order valence-corrected chi connectivity index (χ2v) is 6.98. The van der Waals surface area contributed by atoms with Crippen LogP contribution < -0.4 is 9.80 Å². The maximum Gasteiger partial charge on any atom is 0.260 e. The zero-order valence-corrected chi connectivity index (χ0v) is 16.4. The number of carbonyl (C=O) groups is 1. The second kappa shape index (κ2) is 7.98. The van der Waals surface area contributed by atoms with Crippen molar-refractivity contribution in [2.75, 3.05) is 42.6 Å². The highest BCUT2D eigenvalue weighted by atomic mass is 16.5. The Morgan fingerprint density at radius 1 is 1.07 bits per heavy atom. The minimum Gasteiger partial charge on any atom is -0.378 e. The number of anilines is 2. The molecule has 0 spiro atoms. The van der Waals surface area contributed by atoms with Gasteiger partial charge in [0.1, 0.15) is 5.82 Å². The Balaban J connectivity index is 1.78. The van der Waals surface area contributed by atoms with Crippen LogP contribution in [0.2, 0.25) is 0 Å². The molecule has 1 aromatic heterocycles. The topological polar surface area (TPSA) is 45.7 Å². The van der Waals surface area contributed by atoms with Gasteiger partial charge in [-0.05, 0) is 30.9 Å². The summed E-state index contributed by atoms with van der Waals surface area (Å²) in [4.78, 5) is 22.3. The summed E-state index contributed by atoms with van der Waals surface area (Å²) in [6, 6.07) is 16.0. The average Bonchev–Trinajstić information content (AvgIpc) is 2.75. The summed E-state index contributed by atoms with van der Waals surface area (Å²) in [6.45, 7) is 7.67. The van der Waals surface area contributed by atoms with E-state index in [2.05, 4.69) is 4.90 Å². The molecule has 4 rings (SSSR count). The number of rotatable bonds is 4. The van der Waals surface area contributed by atoms with Crippen LogP contribution in [0.25, 0.3) is 10.8 Å². The molecule has 1 aliphatic heterocycles. The molecule has 0 saturated carbocycles. The maximum absolute atomic E-state index is 13.5. The fourth-order valence-electron chi connectivity index (χ4n) is 3.81. The van der Waals surface area contributed by atoms with Crippen molar-refractivity contribution < 1.29 is 9.53 Å². The highest BCUT2D eigenvalue weighted by Gasteiger charge is 2.23. The SMILES string of the molecule is CCN(C(=O)c1cnc(N2CCOCC2)c2ccccc12)c1ccccc1C. The Labute approximate surface area is 165 Å². The standard InChI is InChI=1S/C23H25N3O2/c1-3-26(21-11-7-4-8-17(21)2)23(27)20-16-24-22(25-12-14-28-15-13-25)19-10-6-5-9-18(19)20/h4-11,16H,3,12-15H2,1-2H3. The smallest absolute Gasteiger partial charge is 0.260 e. The number of ether oxygens (including phenoxy) is 1. The summed E-state index contributed by atoms with van der Waals surface area (Å²) in [5.41, 5.74) is 2.66. The van der Waals surface area contributed by atoms with Crippen molar-refractivity contribution in [2.24, 2.45) is 0 Å². The number of fused-ring (bicyclic) bond motifs is 1. The first kappa shape index (κ1) is 18.4. The number of para-hydroxylation sites is 1. The van der Waals surface area contributed by atoms with Gasteiger partial charge in [-0.1, -0.05) is 42.5 Å². The lowest BCUT2D eigenvalue weighted by Crippen LogP contribution is -2.37. The van der Waals surface area contributed by atoms with Gasteiger partial charge in [0.2, 0.25) is 0 Å². The minimum atomic E-state index is -0.0194. The van der Waals surface area contributed by atoms with E-state index in [-0.39, 0.29) is 5.91 Å². The van der Waals surface area contributed by atoms with Gasteiger partial charge in [-0.25, -0.2) is 4.98 Å². The number of morpholine rings is 1. The van der Waals surface area contributed by atoms with E-state index in [4.69, 9.17) is 9.72 Å². The predicted octanol–water partition coefficient (Wildman–Crippen LogP) is 4.05. The lowest BCUT2D eigenvalue weighted by Gasteiger charge is -2.29. The molecule has 0 N–H and O–H groups in total. The Hall–Kier alpha value is -2.92. The molecule has 1 amide bonds. The summed E-state index contributed by atoms with van der Waals surface area (Å²) in [5, 5.41) is 1.95. The highest BCUT2D eigenvalue weighted by molar-refractivity contribution is 6.15. The first-order valence-corrected chi connectivity index (χ1v) is 9.78. The third-order valence-electron chi connectivity index (χ3n) is 5.28. The zero-order chi connectivity index (χ0) is 19.5. The fraction of sp³-hybridized carbons (Fsp3) is 0.304. The normalized spacial score (nSPS) is 14.3. The largest absolute Gasteiger partial charge is 0.378 e. The molecule has 5 heteroatoms. The van der Waals surface area contributed by atoms with Crippen molar-refractivity contribution in [3.8, 4) is 0 Å². The molecule has 1 fully saturated rings. The molecule has 3 aromatic rings. The zero-order valence-electron chi connectivity index (χ0n) is 16.4. The number of aromatic nitrogens is 1. The quantitative estimate of drug-likeness (QED) is 0.690. The Morgan fingerprint density at radius 2 is 1.75 bits per heavy atom. The van der Waals surface area contributed by atoms with Gasteiger partial charge in [-0.2, -0.15) is 0 Å². The van der Waals surface area contributed by atoms with Gasteiger partial charge in [0.15, 0.2) is 0 Å². The van der Waals surface area contributed by atoms with Crippen LogP contribution >= 0.6 is 0 Å². The Bertz CT molecular complexity index is 996. The molecule has 0 aliphatic carbocycles. The van der Waals surface area contributed by atoms with Crippen molar-refractivity contribution in [1.82, 2.24) is 4.98 Å². The summed E-state index contributed by atoms with van der Waals surface area (Å²) in [7, 11) is 0. The third-order valence-corrected chi connectivity index (χ3v) is 5.28. The first-order valence-electron chi connectivity index (χ1n) is 9.78. The van der Waals surface area contributed by atoms with E-state index in [1.165, 1.54) is 0 Å². The van der Waals surface area contributed by atoms with Crippen LogP contribution in [0, 0.1) is 6.92 Å². The Morgan fingerprint density at radius 3 is 2.46 bits per heavy atom. The van der Waals surface area contributed by atoms with E-state index in [9.17, 15) is 4.79 Å². The number of carbonyl (C=O) groups excluding carboxylic acids is 1. The molecule has 2 aromatic carbocycles. The van der Waals surface area contributed by atoms with Gasteiger partial charge >= 0.3 is 0 Å². The number of hydrogen-bond donors (Lipinski definition) is 0. The molecular weight excluding hydrogens is 350 g/mol. The van der Waals surface area contributed by atoms with Crippen molar-refractivity contribution in [2.45, 2.75) is 13.8 Å². The van der Waals surface area contributed by atoms with Gasteiger partial charge in [0.05, 0.1) is 18.8 Å². The van der Waals surface area contributed by atoms with Gasteiger partial charge < -0.3 is 14.5 Å². The van der Waals surface area contributed by atoms with E-state index < -0.39 is 0 Å². The van der Waals surface area contributed by atoms with E-state index in [0.717, 1.165) is 40.9 Å². The van der Waals surface area contributed by atoms with Crippen LogP contribution in [0.1, 0.15) is 22.8 Å². The van der Waals surface area contributed by atoms with E-state index in [0.29, 0.717) is 25.3 Å². The number of nitrogens with zero attached hydrogens (tertiary/aromatic N) is 3. The minimum absolute atomic E-state index is 0.0194. The predicted molar refractivity (Wildman–Crippen MR) is 113 cm³/mol. The summed E-state index contributed by atoms with van der Waals surface area (Å²) in [5.74, 6) is 0.906. The van der Waals surface area contributed by atoms with Gasteiger partial charge in [0, 0.05) is 36.9 Å². The van der Waals surface area contributed by atoms with Gasteiger partial charge in [-0.15, -0.1) is 0 Å². The molecule has 5 nitrogen and oxygen atoms in total.